The zero-order valence-electron chi connectivity index (χ0n) is 10.3. The molecule has 98 valence electrons. The van der Waals surface area contributed by atoms with E-state index in [4.69, 9.17) is 16.3 Å². The van der Waals surface area contributed by atoms with Gasteiger partial charge in [0, 0.05) is 5.56 Å². The third-order valence-electron chi connectivity index (χ3n) is 2.77. The molecule has 4 heteroatoms. The summed E-state index contributed by atoms with van der Waals surface area (Å²) in [5.74, 6) is -0.0257. The quantitative estimate of drug-likeness (QED) is 0.784. The van der Waals surface area contributed by atoms with Gasteiger partial charge in [-0.2, -0.15) is 0 Å². The van der Waals surface area contributed by atoms with Crippen molar-refractivity contribution < 1.29 is 13.9 Å². The van der Waals surface area contributed by atoms with Crippen molar-refractivity contribution in [2.45, 2.75) is 13.5 Å². The largest absolute Gasteiger partial charge is 0.488 e. The van der Waals surface area contributed by atoms with Crippen LogP contribution in [-0.2, 0) is 6.61 Å². The molecule has 0 spiro atoms. The average molecular weight is 279 g/mol. The Morgan fingerprint density at radius 3 is 2.74 bits per heavy atom. The number of benzene rings is 2. The Morgan fingerprint density at radius 2 is 2.00 bits per heavy atom. The minimum absolute atomic E-state index is 0.0259. The monoisotopic (exact) mass is 278 g/mol. The van der Waals surface area contributed by atoms with Crippen molar-refractivity contribution in [2.24, 2.45) is 0 Å². The highest BCUT2D eigenvalue weighted by molar-refractivity contribution is 6.30. The van der Waals surface area contributed by atoms with Crippen LogP contribution >= 0.6 is 11.6 Å². The second-order valence-electron chi connectivity index (χ2n) is 4.11. The number of halogens is 2. The molecule has 0 bridgehead atoms. The van der Waals surface area contributed by atoms with Gasteiger partial charge in [0.2, 0.25) is 0 Å². The zero-order chi connectivity index (χ0) is 13.8. The number of para-hydroxylation sites is 1. The third-order valence-corrected chi connectivity index (χ3v) is 3.06. The van der Waals surface area contributed by atoms with Gasteiger partial charge in [0.15, 0.2) is 6.29 Å². The van der Waals surface area contributed by atoms with E-state index >= 15 is 0 Å². The fourth-order valence-corrected chi connectivity index (χ4v) is 1.97. The van der Waals surface area contributed by atoms with Crippen LogP contribution in [0.1, 0.15) is 21.5 Å². The first-order valence-electron chi connectivity index (χ1n) is 5.74. The van der Waals surface area contributed by atoms with Crippen molar-refractivity contribution in [2.75, 3.05) is 0 Å². The minimum Gasteiger partial charge on any atom is -0.488 e. The molecule has 0 unspecified atom stereocenters. The van der Waals surface area contributed by atoms with Crippen molar-refractivity contribution in [3.05, 3.63) is 63.9 Å². The summed E-state index contributed by atoms with van der Waals surface area (Å²) >= 11 is 5.70. The summed E-state index contributed by atoms with van der Waals surface area (Å²) in [7, 11) is 0. The summed E-state index contributed by atoms with van der Waals surface area (Å²) in [4.78, 5) is 10.9. The summed E-state index contributed by atoms with van der Waals surface area (Å²) in [5.41, 5.74) is 1.63. The van der Waals surface area contributed by atoms with Gasteiger partial charge < -0.3 is 4.74 Å². The van der Waals surface area contributed by atoms with Crippen LogP contribution in [0.4, 0.5) is 4.39 Å². The van der Waals surface area contributed by atoms with E-state index < -0.39 is 5.82 Å². The maximum atomic E-state index is 13.7. The lowest BCUT2D eigenvalue weighted by molar-refractivity contribution is 0.111. The van der Waals surface area contributed by atoms with Crippen LogP contribution in [0.25, 0.3) is 0 Å². The van der Waals surface area contributed by atoms with Crippen molar-refractivity contribution in [3.63, 3.8) is 0 Å². The van der Waals surface area contributed by atoms with E-state index in [-0.39, 0.29) is 11.6 Å². The predicted octanol–water partition coefficient (Wildman–Crippen LogP) is 4.18. The molecule has 0 aliphatic rings. The van der Waals surface area contributed by atoms with Gasteiger partial charge in [-0.1, -0.05) is 35.9 Å². The molecule has 0 radical (unpaired) electrons. The van der Waals surface area contributed by atoms with Gasteiger partial charge in [-0.15, -0.1) is 0 Å². The van der Waals surface area contributed by atoms with E-state index in [0.29, 0.717) is 16.9 Å². The molecule has 0 aliphatic heterocycles. The third kappa shape index (κ3) is 2.93. The van der Waals surface area contributed by atoms with Crippen LogP contribution in [0.15, 0.2) is 36.4 Å². The SMILES string of the molecule is Cc1cccc(C=O)c1OCc1cccc(Cl)c1F. The molecule has 2 nitrogen and oxygen atoms in total. The number of carbonyl (C=O) groups excluding carboxylic acids is 1. The summed E-state index contributed by atoms with van der Waals surface area (Å²) in [6.07, 6.45) is 0.719. The Morgan fingerprint density at radius 1 is 1.26 bits per heavy atom. The number of aryl methyl sites for hydroxylation is 1. The lowest BCUT2D eigenvalue weighted by Gasteiger charge is -2.12. The van der Waals surface area contributed by atoms with Gasteiger partial charge in [-0.25, -0.2) is 4.39 Å². The highest BCUT2D eigenvalue weighted by atomic mass is 35.5. The Hall–Kier alpha value is -1.87. The summed E-state index contributed by atoms with van der Waals surface area (Å²) in [5, 5.41) is 0.0569. The molecule has 2 aromatic rings. The maximum absolute atomic E-state index is 13.7. The van der Waals surface area contributed by atoms with Crippen molar-refractivity contribution in [1.82, 2.24) is 0 Å². The number of aldehydes is 1. The molecule has 0 atom stereocenters. The normalized spacial score (nSPS) is 10.3. The Balaban J connectivity index is 2.24. The van der Waals surface area contributed by atoms with Crippen molar-refractivity contribution in [1.29, 1.82) is 0 Å². The van der Waals surface area contributed by atoms with E-state index in [9.17, 15) is 9.18 Å². The molecular formula is C15H12ClFO2. The highest BCUT2D eigenvalue weighted by Gasteiger charge is 2.10. The van der Waals surface area contributed by atoms with E-state index in [1.54, 1.807) is 24.3 Å². The zero-order valence-corrected chi connectivity index (χ0v) is 11.1. The second kappa shape index (κ2) is 5.85. The first-order chi connectivity index (χ1) is 9.13. The highest BCUT2D eigenvalue weighted by Crippen LogP contribution is 2.24. The van der Waals surface area contributed by atoms with Crippen LogP contribution < -0.4 is 4.74 Å². The number of hydrogen-bond acceptors (Lipinski definition) is 2. The van der Waals surface area contributed by atoms with Gasteiger partial charge in [-0.05, 0) is 24.6 Å². The first-order valence-corrected chi connectivity index (χ1v) is 6.11. The molecule has 2 rings (SSSR count). The molecule has 0 saturated heterocycles. The van der Waals surface area contributed by atoms with Crippen LogP contribution in [0.2, 0.25) is 5.02 Å². The Bertz CT molecular complexity index is 611. The number of ether oxygens (including phenoxy) is 1. The molecule has 0 amide bonds. The topological polar surface area (TPSA) is 26.3 Å². The lowest BCUT2D eigenvalue weighted by atomic mass is 10.1. The van der Waals surface area contributed by atoms with E-state index in [0.717, 1.165) is 11.8 Å². The average Bonchev–Trinajstić information content (AvgIpc) is 2.41. The van der Waals surface area contributed by atoms with Crippen LogP contribution in [0.3, 0.4) is 0 Å². The van der Waals surface area contributed by atoms with E-state index in [1.807, 2.05) is 13.0 Å². The molecule has 0 aliphatic carbocycles. The summed E-state index contributed by atoms with van der Waals surface area (Å²) in [6, 6.07) is 9.99. The van der Waals surface area contributed by atoms with E-state index in [1.165, 1.54) is 6.07 Å². The van der Waals surface area contributed by atoms with Crippen LogP contribution in [0, 0.1) is 12.7 Å². The van der Waals surface area contributed by atoms with Gasteiger partial charge in [0.1, 0.15) is 18.2 Å². The van der Waals surface area contributed by atoms with Gasteiger partial charge >= 0.3 is 0 Å². The number of hydrogen-bond donors (Lipinski definition) is 0. The fourth-order valence-electron chi connectivity index (χ4n) is 1.77. The molecule has 0 aromatic heterocycles. The molecule has 0 saturated carbocycles. The predicted molar refractivity (Wildman–Crippen MR) is 72.3 cm³/mol. The number of rotatable bonds is 4. The molecule has 2 aromatic carbocycles. The fraction of sp³-hybridized carbons (Fsp3) is 0.133. The molecule has 0 heterocycles. The van der Waals surface area contributed by atoms with E-state index in [2.05, 4.69) is 0 Å². The summed E-state index contributed by atoms with van der Waals surface area (Å²) < 4.78 is 19.3. The smallest absolute Gasteiger partial charge is 0.153 e. The van der Waals surface area contributed by atoms with Gasteiger partial charge in [-0.3, -0.25) is 4.79 Å². The van der Waals surface area contributed by atoms with Gasteiger partial charge in [0.25, 0.3) is 0 Å². The lowest BCUT2D eigenvalue weighted by Crippen LogP contribution is -2.02. The minimum atomic E-state index is -0.495. The maximum Gasteiger partial charge on any atom is 0.153 e. The molecular weight excluding hydrogens is 267 g/mol. The Labute approximate surface area is 115 Å². The second-order valence-corrected chi connectivity index (χ2v) is 4.52. The number of carbonyl (C=O) groups is 1. The summed E-state index contributed by atoms with van der Waals surface area (Å²) in [6.45, 7) is 1.86. The van der Waals surface area contributed by atoms with Crippen LogP contribution in [-0.4, -0.2) is 6.29 Å². The van der Waals surface area contributed by atoms with Gasteiger partial charge in [0.05, 0.1) is 10.6 Å². The van der Waals surface area contributed by atoms with Crippen molar-refractivity contribution >= 4 is 17.9 Å². The molecule has 0 N–H and O–H groups in total. The standard InChI is InChI=1S/C15H12ClFO2/c1-10-4-2-5-11(8-18)15(10)19-9-12-6-3-7-13(16)14(12)17/h2-8H,9H2,1H3. The molecule has 19 heavy (non-hydrogen) atoms. The van der Waals surface area contributed by atoms with Crippen molar-refractivity contribution in [3.8, 4) is 5.75 Å². The molecule has 0 fully saturated rings. The van der Waals surface area contributed by atoms with Crippen LogP contribution in [0.5, 0.6) is 5.75 Å². The first kappa shape index (κ1) is 13.6. The Kier molecular flexibility index (Phi) is 4.17.